The molecule has 2 rings (SSSR count). The number of halogens is 1. The summed E-state index contributed by atoms with van der Waals surface area (Å²) in [6.07, 6.45) is 2.67. The first-order valence-electron chi connectivity index (χ1n) is 5.27. The van der Waals surface area contributed by atoms with Crippen molar-refractivity contribution in [2.45, 2.75) is 12.5 Å². The summed E-state index contributed by atoms with van der Waals surface area (Å²) in [5.41, 5.74) is 0.594. The van der Waals surface area contributed by atoms with E-state index < -0.39 is 0 Å². The second kappa shape index (κ2) is 4.93. The maximum Gasteiger partial charge on any atom is 0.254 e. The number of likely N-dealkylation sites (tertiary alicyclic amines) is 1. The molecule has 1 atom stereocenters. The number of hydrogen-bond donors (Lipinski definition) is 1. The van der Waals surface area contributed by atoms with Crippen molar-refractivity contribution in [1.82, 2.24) is 15.2 Å². The van der Waals surface area contributed by atoms with Crippen LogP contribution in [0.3, 0.4) is 0 Å². The highest BCUT2D eigenvalue weighted by Gasteiger charge is 2.22. The van der Waals surface area contributed by atoms with E-state index in [-0.39, 0.29) is 11.9 Å². The summed E-state index contributed by atoms with van der Waals surface area (Å²) in [6.45, 7) is 1.96. The zero-order valence-electron chi connectivity index (χ0n) is 9.11. The molecule has 0 aliphatic carbocycles. The molecular formula is C11H14BrN3O. The molecule has 0 aromatic carbocycles. The fraction of sp³-hybridized carbons (Fsp3) is 0.455. The number of amides is 1. The molecule has 1 unspecified atom stereocenters. The summed E-state index contributed by atoms with van der Waals surface area (Å²) < 4.78 is 0.596. The summed E-state index contributed by atoms with van der Waals surface area (Å²) in [7, 11) is 2.06. The Morgan fingerprint density at radius 2 is 2.50 bits per heavy atom. The van der Waals surface area contributed by atoms with E-state index >= 15 is 0 Å². The molecule has 1 aromatic heterocycles. The number of carbonyl (C=O) groups is 1. The third-order valence-electron chi connectivity index (χ3n) is 2.73. The van der Waals surface area contributed by atoms with Gasteiger partial charge in [-0.25, -0.2) is 4.98 Å². The number of pyridine rings is 1. The predicted octanol–water partition coefficient (Wildman–Crippen LogP) is 1.28. The van der Waals surface area contributed by atoms with Crippen molar-refractivity contribution in [3.8, 4) is 0 Å². The summed E-state index contributed by atoms with van der Waals surface area (Å²) in [4.78, 5) is 18.2. The molecule has 0 saturated carbocycles. The van der Waals surface area contributed by atoms with Crippen LogP contribution in [0.2, 0.25) is 0 Å². The molecule has 1 aromatic rings. The maximum absolute atomic E-state index is 11.9. The molecule has 0 radical (unpaired) electrons. The fourth-order valence-corrected chi connectivity index (χ4v) is 2.30. The highest BCUT2D eigenvalue weighted by atomic mass is 79.9. The van der Waals surface area contributed by atoms with Crippen LogP contribution in [-0.2, 0) is 0 Å². The van der Waals surface area contributed by atoms with Crippen molar-refractivity contribution in [3.05, 3.63) is 28.5 Å². The number of likely N-dealkylation sites (N-methyl/N-ethyl adjacent to an activating group) is 1. The monoisotopic (exact) mass is 283 g/mol. The lowest BCUT2D eigenvalue weighted by Gasteiger charge is -2.13. The molecule has 1 aliphatic rings. The molecule has 1 aliphatic heterocycles. The van der Waals surface area contributed by atoms with Gasteiger partial charge in [0.05, 0.1) is 5.56 Å². The highest BCUT2D eigenvalue weighted by molar-refractivity contribution is 9.10. The average molecular weight is 284 g/mol. The smallest absolute Gasteiger partial charge is 0.254 e. The Kier molecular flexibility index (Phi) is 3.56. The van der Waals surface area contributed by atoms with E-state index in [1.54, 1.807) is 18.3 Å². The molecule has 1 N–H and O–H groups in total. The van der Waals surface area contributed by atoms with Gasteiger partial charge >= 0.3 is 0 Å². The summed E-state index contributed by atoms with van der Waals surface area (Å²) in [6, 6.07) is 3.79. The Labute approximate surface area is 103 Å². The van der Waals surface area contributed by atoms with Crippen LogP contribution in [0.5, 0.6) is 0 Å². The lowest BCUT2D eigenvalue weighted by molar-refractivity contribution is 0.0937. The largest absolute Gasteiger partial charge is 0.348 e. The molecule has 5 heteroatoms. The van der Waals surface area contributed by atoms with E-state index in [4.69, 9.17) is 0 Å². The van der Waals surface area contributed by atoms with E-state index in [0.717, 1.165) is 19.5 Å². The van der Waals surface area contributed by atoms with Crippen molar-refractivity contribution in [2.75, 3.05) is 20.1 Å². The Bertz CT molecular complexity index is 397. The van der Waals surface area contributed by atoms with Crippen LogP contribution in [0.1, 0.15) is 16.8 Å². The minimum Gasteiger partial charge on any atom is -0.348 e. The Morgan fingerprint density at radius 3 is 3.12 bits per heavy atom. The average Bonchev–Trinajstić information content (AvgIpc) is 2.64. The van der Waals surface area contributed by atoms with Crippen molar-refractivity contribution >= 4 is 21.8 Å². The number of nitrogens with one attached hydrogen (secondary N) is 1. The van der Waals surface area contributed by atoms with E-state index in [1.165, 1.54) is 0 Å². The van der Waals surface area contributed by atoms with Gasteiger partial charge in [0.1, 0.15) is 4.60 Å². The highest BCUT2D eigenvalue weighted by Crippen LogP contribution is 2.13. The topological polar surface area (TPSA) is 45.2 Å². The van der Waals surface area contributed by atoms with Gasteiger partial charge in [-0.1, -0.05) is 0 Å². The van der Waals surface area contributed by atoms with Gasteiger partial charge in [0, 0.05) is 18.8 Å². The Balaban J connectivity index is 2.01. The first kappa shape index (κ1) is 11.5. The first-order chi connectivity index (χ1) is 7.66. The van der Waals surface area contributed by atoms with Crippen LogP contribution in [0.25, 0.3) is 0 Å². The van der Waals surface area contributed by atoms with Crippen molar-refractivity contribution < 1.29 is 4.79 Å². The SMILES string of the molecule is CN1CCC(NC(=O)c2cccnc2Br)C1. The molecular weight excluding hydrogens is 270 g/mol. The molecule has 4 nitrogen and oxygen atoms in total. The summed E-state index contributed by atoms with van der Waals surface area (Å²) >= 11 is 3.28. The van der Waals surface area contributed by atoms with E-state index in [1.807, 2.05) is 0 Å². The van der Waals surface area contributed by atoms with Crippen LogP contribution in [0.15, 0.2) is 22.9 Å². The summed E-state index contributed by atoms with van der Waals surface area (Å²) in [5.74, 6) is -0.0553. The second-order valence-electron chi connectivity index (χ2n) is 4.06. The van der Waals surface area contributed by atoms with Gasteiger partial charge in [-0.05, 0) is 48.1 Å². The lowest BCUT2D eigenvalue weighted by Crippen LogP contribution is -2.36. The molecule has 16 heavy (non-hydrogen) atoms. The standard InChI is InChI=1S/C11H14BrN3O/c1-15-6-4-8(7-15)14-11(16)9-3-2-5-13-10(9)12/h2-3,5,8H,4,6-7H2,1H3,(H,14,16). The van der Waals surface area contributed by atoms with Crippen LogP contribution in [0, 0.1) is 0 Å². The number of carbonyl (C=O) groups excluding carboxylic acids is 1. The molecule has 86 valence electrons. The first-order valence-corrected chi connectivity index (χ1v) is 6.06. The van der Waals surface area contributed by atoms with Gasteiger partial charge in [-0.3, -0.25) is 4.79 Å². The number of hydrogen-bond acceptors (Lipinski definition) is 3. The fourth-order valence-electron chi connectivity index (χ4n) is 1.87. The lowest BCUT2D eigenvalue weighted by atomic mass is 10.2. The van der Waals surface area contributed by atoms with Gasteiger partial charge in [-0.15, -0.1) is 0 Å². The predicted molar refractivity (Wildman–Crippen MR) is 65.3 cm³/mol. The normalized spacial score (nSPS) is 21.0. The van der Waals surface area contributed by atoms with Crippen LogP contribution in [0.4, 0.5) is 0 Å². The van der Waals surface area contributed by atoms with Crippen molar-refractivity contribution in [1.29, 1.82) is 0 Å². The molecule has 1 amide bonds. The molecule has 1 fully saturated rings. The van der Waals surface area contributed by atoms with Gasteiger partial charge in [-0.2, -0.15) is 0 Å². The van der Waals surface area contributed by atoms with E-state index in [9.17, 15) is 4.79 Å². The van der Waals surface area contributed by atoms with E-state index in [0.29, 0.717) is 10.2 Å². The van der Waals surface area contributed by atoms with Crippen molar-refractivity contribution in [3.63, 3.8) is 0 Å². The van der Waals surface area contributed by atoms with Gasteiger partial charge in [0.2, 0.25) is 0 Å². The van der Waals surface area contributed by atoms with Crippen LogP contribution in [-0.4, -0.2) is 42.0 Å². The third-order valence-corrected chi connectivity index (χ3v) is 3.36. The number of rotatable bonds is 2. The second-order valence-corrected chi connectivity index (χ2v) is 4.81. The summed E-state index contributed by atoms with van der Waals surface area (Å²) in [5, 5.41) is 3.02. The van der Waals surface area contributed by atoms with Crippen molar-refractivity contribution in [2.24, 2.45) is 0 Å². The number of nitrogens with zero attached hydrogens (tertiary/aromatic N) is 2. The molecule has 1 saturated heterocycles. The van der Waals surface area contributed by atoms with Gasteiger partial charge < -0.3 is 10.2 Å². The quantitative estimate of drug-likeness (QED) is 0.832. The Morgan fingerprint density at radius 1 is 1.69 bits per heavy atom. The third kappa shape index (κ3) is 2.59. The van der Waals surface area contributed by atoms with Crippen LogP contribution < -0.4 is 5.32 Å². The minimum absolute atomic E-state index is 0.0553. The van der Waals surface area contributed by atoms with E-state index in [2.05, 4.69) is 38.2 Å². The maximum atomic E-state index is 11.9. The van der Waals surface area contributed by atoms with Gasteiger partial charge in [0.25, 0.3) is 5.91 Å². The number of aromatic nitrogens is 1. The molecule has 0 spiro atoms. The van der Waals surface area contributed by atoms with Crippen LogP contribution >= 0.6 is 15.9 Å². The minimum atomic E-state index is -0.0553. The molecule has 0 bridgehead atoms. The Hall–Kier alpha value is -0.940. The van der Waals surface area contributed by atoms with Gasteiger partial charge in [0.15, 0.2) is 0 Å². The zero-order chi connectivity index (χ0) is 11.5. The zero-order valence-corrected chi connectivity index (χ0v) is 10.7. The molecule has 2 heterocycles.